The zero-order valence-corrected chi connectivity index (χ0v) is 9.21. The van der Waals surface area contributed by atoms with E-state index in [-0.39, 0.29) is 11.9 Å². The Hall–Kier alpha value is -0.570. The number of rotatable bonds is 5. The van der Waals surface area contributed by atoms with E-state index in [1.807, 2.05) is 14.0 Å². The second kappa shape index (κ2) is 5.97. The van der Waals surface area contributed by atoms with Crippen molar-refractivity contribution in [3.8, 4) is 0 Å². The second-order valence-corrected chi connectivity index (χ2v) is 4.18. The van der Waals surface area contributed by atoms with Crippen LogP contribution >= 0.6 is 0 Å². The minimum Gasteiger partial charge on any atom is -0.346 e. The first-order valence-corrected chi connectivity index (χ1v) is 4.93. The lowest BCUT2D eigenvalue weighted by Gasteiger charge is -2.19. The van der Waals surface area contributed by atoms with Crippen LogP contribution in [0.2, 0.25) is 0 Å². The highest BCUT2D eigenvalue weighted by molar-refractivity contribution is 5.75. The molecule has 0 spiro atoms. The SMILES string of the molecule is CC(C)CC(=O)N(C)CCC(C)N. The third-order valence-corrected chi connectivity index (χ3v) is 1.93. The minimum atomic E-state index is 0.175. The van der Waals surface area contributed by atoms with Crippen LogP contribution < -0.4 is 5.73 Å². The van der Waals surface area contributed by atoms with E-state index in [0.717, 1.165) is 13.0 Å². The first-order chi connectivity index (χ1) is 5.93. The summed E-state index contributed by atoms with van der Waals surface area (Å²) < 4.78 is 0. The molecule has 3 nitrogen and oxygen atoms in total. The average molecular weight is 186 g/mol. The van der Waals surface area contributed by atoms with Gasteiger partial charge < -0.3 is 10.6 Å². The van der Waals surface area contributed by atoms with E-state index in [1.54, 1.807) is 4.90 Å². The number of carbonyl (C=O) groups excluding carboxylic acids is 1. The molecule has 1 amide bonds. The highest BCUT2D eigenvalue weighted by atomic mass is 16.2. The molecule has 0 heterocycles. The van der Waals surface area contributed by atoms with Crippen LogP contribution in [0.5, 0.6) is 0 Å². The lowest BCUT2D eigenvalue weighted by atomic mass is 10.1. The van der Waals surface area contributed by atoms with Gasteiger partial charge in [-0.1, -0.05) is 13.8 Å². The van der Waals surface area contributed by atoms with Gasteiger partial charge in [0.25, 0.3) is 0 Å². The van der Waals surface area contributed by atoms with E-state index in [2.05, 4.69) is 13.8 Å². The number of nitrogens with two attached hydrogens (primary N) is 1. The zero-order chi connectivity index (χ0) is 10.4. The Kier molecular flexibility index (Phi) is 5.71. The molecule has 1 unspecified atom stereocenters. The summed E-state index contributed by atoms with van der Waals surface area (Å²) in [6, 6.07) is 0.175. The van der Waals surface area contributed by atoms with Crippen molar-refractivity contribution in [3.05, 3.63) is 0 Å². The molecule has 0 rings (SSSR count). The second-order valence-electron chi connectivity index (χ2n) is 4.18. The molecule has 0 saturated carbocycles. The van der Waals surface area contributed by atoms with Crippen LogP contribution in [-0.2, 0) is 4.79 Å². The largest absolute Gasteiger partial charge is 0.346 e. The number of carbonyl (C=O) groups is 1. The van der Waals surface area contributed by atoms with Crippen LogP contribution in [0, 0.1) is 5.92 Å². The molecule has 3 heteroatoms. The number of hydrogen-bond donors (Lipinski definition) is 1. The van der Waals surface area contributed by atoms with Crippen LogP contribution in [-0.4, -0.2) is 30.4 Å². The van der Waals surface area contributed by atoms with Crippen LogP contribution in [0.15, 0.2) is 0 Å². The monoisotopic (exact) mass is 186 g/mol. The van der Waals surface area contributed by atoms with Crippen molar-refractivity contribution in [1.29, 1.82) is 0 Å². The summed E-state index contributed by atoms with van der Waals surface area (Å²) in [7, 11) is 1.84. The Morgan fingerprint density at radius 2 is 1.92 bits per heavy atom. The van der Waals surface area contributed by atoms with Gasteiger partial charge in [0.05, 0.1) is 0 Å². The number of amides is 1. The van der Waals surface area contributed by atoms with Crippen molar-refractivity contribution >= 4 is 5.91 Å². The van der Waals surface area contributed by atoms with Crippen molar-refractivity contribution in [1.82, 2.24) is 4.90 Å². The van der Waals surface area contributed by atoms with Crippen LogP contribution in [0.25, 0.3) is 0 Å². The topological polar surface area (TPSA) is 46.3 Å². The molecule has 0 aliphatic rings. The summed E-state index contributed by atoms with van der Waals surface area (Å²) in [6.45, 7) is 6.83. The van der Waals surface area contributed by atoms with Gasteiger partial charge in [0.15, 0.2) is 0 Å². The number of nitrogens with zero attached hydrogens (tertiary/aromatic N) is 1. The molecule has 0 radical (unpaired) electrons. The molecular formula is C10H22N2O. The predicted octanol–water partition coefficient (Wildman–Crippen LogP) is 1.23. The first kappa shape index (κ1) is 12.4. The van der Waals surface area contributed by atoms with Crippen molar-refractivity contribution in [2.45, 2.75) is 39.7 Å². The highest BCUT2D eigenvalue weighted by Crippen LogP contribution is 2.03. The van der Waals surface area contributed by atoms with Crippen molar-refractivity contribution < 1.29 is 4.79 Å². The minimum absolute atomic E-state index is 0.175. The van der Waals surface area contributed by atoms with Gasteiger partial charge in [-0.15, -0.1) is 0 Å². The third kappa shape index (κ3) is 6.58. The Balaban J connectivity index is 3.69. The fourth-order valence-electron chi connectivity index (χ4n) is 1.03. The molecule has 13 heavy (non-hydrogen) atoms. The average Bonchev–Trinajstić information content (AvgIpc) is 1.98. The molecule has 1 atom stereocenters. The van der Waals surface area contributed by atoms with Crippen LogP contribution in [0.3, 0.4) is 0 Å². The van der Waals surface area contributed by atoms with Crippen LogP contribution in [0.4, 0.5) is 0 Å². The molecule has 0 aromatic carbocycles. The van der Waals surface area contributed by atoms with Gasteiger partial charge in [0, 0.05) is 26.1 Å². The van der Waals surface area contributed by atoms with Crippen LogP contribution in [0.1, 0.15) is 33.6 Å². The molecule has 0 saturated heterocycles. The van der Waals surface area contributed by atoms with Crippen molar-refractivity contribution in [3.63, 3.8) is 0 Å². The molecule has 0 aromatic heterocycles. The Morgan fingerprint density at radius 3 is 2.31 bits per heavy atom. The number of hydrogen-bond acceptors (Lipinski definition) is 2. The first-order valence-electron chi connectivity index (χ1n) is 4.93. The van der Waals surface area contributed by atoms with Gasteiger partial charge in [-0.2, -0.15) is 0 Å². The van der Waals surface area contributed by atoms with Crippen molar-refractivity contribution in [2.75, 3.05) is 13.6 Å². The van der Waals surface area contributed by atoms with E-state index in [4.69, 9.17) is 5.73 Å². The van der Waals surface area contributed by atoms with Crippen molar-refractivity contribution in [2.24, 2.45) is 11.7 Å². The normalized spacial score (nSPS) is 13.1. The smallest absolute Gasteiger partial charge is 0.222 e. The fraction of sp³-hybridized carbons (Fsp3) is 0.900. The van der Waals surface area contributed by atoms with E-state index >= 15 is 0 Å². The third-order valence-electron chi connectivity index (χ3n) is 1.93. The van der Waals surface area contributed by atoms with Gasteiger partial charge >= 0.3 is 0 Å². The summed E-state index contributed by atoms with van der Waals surface area (Å²) >= 11 is 0. The molecule has 0 fully saturated rings. The maximum Gasteiger partial charge on any atom is 0.222 e. The molecule has 0 aliphatic heterocycles. The van der Waals surface area contributed by atoms with Gasteiger partial charge in [-0.05, 0) is 19.3 Å². The summed E-state index contributed by atoms with van der Waals surface area (Å²) in [5, 5.41) is 0. The lowest BCUT2D eigenvalue weighted by molar-refractivity contribution is -0.130. The molecular weight excluding hydrogens is 164 g/mol. The highest BCUT2D eigenvalue weighted by Gasteiger charge is 2.10. The van der Waals surface area contributed by atoms with Gasteiger partial charge in [-0.3, -0.25) is 4.79 Å². The fourth-order valence-corrected chi connectivity index (χ4v) is 1.03. The summed E-state index contributed by atoms with van der Waals surface area (Å²) in [5.41, 5.74) is 5.60. The Bertz CT molecular complexity index is 155. The molecule has 0 bridgehead atoms. The summed E-state index contributed by atoms with van der Waals surface area (Å²) in [6.07, 6.45) is 1.51. The van der Waals surface area contributed by atoms with Gasteiger partial charge in [-0.25, -0.2) is 0 Å². The summed E-state index contributed by atoms with van der Waals surface area (Å²) in [4.78, 5) is 13.2. The maximum absolute atomic E-state index is 11.5. The molecule has 0 aliphatic carbocycles. The van der Waals surface area contributed by atoms with E-state index in [9.17, 15) is 4.79 Å². The van der Waals surface area contributed by atoms with E-state index in [1.165, 1.54) is 0 Å². The van der Waals surface area contributed by atoms with Gasteiger partial charge in [0.1, 0.15) is 0 Å². The van der Waals surface area contributed by atoms with Gasteiger partial charge in [0.2, 0.25) is 5.91 Å². The Labute approximate surface area is 81.3 Å². The zero-order valence-electron chi connectivity index (χ0n) is 9.21. The summed E-state index contributed by atoms with van der Waals surface area (Å²) in [5.74, 6) is 0.654. The molecule has 0 aromatic rings. The lowest BCUT2D eigenvalue weighted by Crippen LogP contribution is -2.31. The van der Waals surface area contributed by atoms with E-state index < -0.39 is 0 Å². The van der Waals surface area contributed by atoms with E-state index in [0.29, 0.717) is 12.3 Å². The maximum atomic E-state index is 11.5. The molecule has 2 N–H and O–H groups in total. The standard InChI is InChI=1S/C10H22N2O/c1-8(2)7-10(13)12(4)6-5-9(3)11/h8-9H,5-7,11H2,1-4H3. The molecule has 78 valence electrons. The quantitative estimate of drug-likeness (QED) is 0.702. The predicted molar refractivity (Wildman–Crippen MR) is 55.4 cm³/mol. The Morgan fingerprint density at radius 1 is 1.38 bits per heavy atom.